The lowest BCUT2D eigenvalue weighted by atomic mass is 10.0. The lowest BCUT2D eigenvalue weighted by molar-refractivity contribution is -0.121. The quantitative estimate of drug-likeness (QED) is 0.114. The Morgan fingerprint density at radius 1 is 1.17 bits per heavy atom. The number of carbonyl (C=O) groups is 2. The summed E-state index contributed by atoms with van der Waals surface area (Å²) in [5, 5.41) is 20.1. The number of ether oxygens (including phenoxy) is 2. The molecular weight excluding hydrogens is 559 g/mol. The fourth-order valence-electron chi connectivity index (χ4n) is 5.85. The molecule has 10 nitrogen and oxygen atoms in total. The Morgan fingerprint density at radius 2 is 2.07 bits per heavy atom. The first kappa shape index (κ1) is 28.2. The van der Waals surface area contributed by atoms with E-state index < -0.39 is 0 Å². The van der Waals surface area contributed by atoms with Crippen LogP contribution in [0.25, 0.3) is 11.3 Å². The monoisotopic (exact) mass is 594 g/mol. The van der Waals surface area contributed by atoms with Gasteiger partial charge in [0.25, 0.3) is 0 Å². The number of rotatable bonds is 13. The number of benzene rings is 2. The highest BCUT2D eigenvalue weighted by atomic mass is 32.2. The number of aromatic amines is 1. The highest BCUT2D eigenvalue weighted by molar-refractivity contribution is 8.00. The largest absolute Gasteiger partial charge is 0.493 e. The third kappa shape index (κ3) is 6.13. The van der Waals surface area contributed by atoms with Crippen molar-refractivity contribution in [3.63, 3.8) is 0 Å². The molecule has 0 radical (unpaired) electrons. The molecule has 2 aromatic carbocycles. The number of urea groups is 1. The standard InChI is InChI=1S/C30H35FN6O4S/c1-40-23-15-20-17(12-21-27(20)36-37-29(21)33-19-7-4-6-18(31)14-19)13-24(23)41-11-5-10-32-26(38)9-3-2-8-25-28-22(16-42-25)34-30(39)35-28/h4,6-7,13-15,22,25,28H,2-3,5,8-12,16H2,1H3,(H,32,38)(H2,33,36,37)(H2,34,35,39). The third-order valence-electron chi connectivity index (χ3n) is 7.96. The predicted octanol–water partition coefficient (Wildman–Crippen LogP) is 4.48. The average molecular weight is 595 g/mol. The van der Waals surface area contributed by atoms with Crippen molar-refractivity contribution >= 4 is 35.2 Å². The van der Waals surface area contributed by atoms with Crippen LogP contribution >= 0.6 is 11.8 Å². The second-order valence-corrected chi connectivity index (χ2v) is 12.1. The van der Waals surface area contributed by atoms with Gasteiger partial charge in [-0.05, 0) is 55.2 Å². The van der Waals surface area contributed by atoms with Crippen LogP contribution < -0.4 is 30.7 Å². The molecule has 222 valence electrons. The van der Waals surface area contributed by atoms with Crippen molar-refractivity contribution in [3.8, 4) is 22.8 Å². The van der Waals surface area contributed by atoms with Crippen LogP contribution in [0.15, 0.2) is 36.4 Å². The van der Waals surface area contributed by atoms with Crippen molar-refractivity contribution < 1.29 is 23.5 Å². The molecule has 5 N–H and O–H groups in total. The Hall–Kier alpha value is -3.93. The van der Waals surface area contributed by atoms with Gasteiger partial charge in [0.05, 0.1) is 31.5 Å². The summed E-state index contributed by atoms with van der Waals surface area (Å²) in [4.78, 5) is 23.8. The van der Waals surface area contributed by atoms with E-state index in [1.165, 1.54) is 12.1 Å². The average Bonchev–Trinajstić information content (AvgIpc) is 3.72. The Bertz CT molecular complexity index is 1470. The minimum Gasteiger partial charge on any atom is -0.493 e. The van der Waals surface area contributed by atoms with E-state index in [1.54, 1.807) is 19.2 Å². The molecule has 6 rings (SSSR count). The van der Waals surface area contributed by atoms with E-state index in [4.69, 9.17) is 9.47 Å². The first-order valence-corrected chi connectivity index (χ1v) is 15.4. The topological polar surface area (TPSA) is 129 Å². The molecule has 2 saturated heterocycles. The zero-order valence-corrected chi connectivity index (χ0v) is 24.2. The van der Waals surface area contributed by atoms with Gasteiger partial charge in [-0.2, -0.15) is 16.9 Å². The van der Waals surface area contributed by atoms with Crippen LogP contribution in [0, 0.1) is 5.82 Å². The SMILES string of the molecule is COc1cc2c(cc1OCCCNC(=O)CCCCC1SCC3NC(=O)NC31)Cc1c(Nc3cccc(F)c3)n[nH]c1-2. The van der Waals surface area contributed by atoms with E-state index >= 15 is 0 Å². The number of unbranched alkanes of at least 4 members (excludes halogenated alkanes) is 1. The highest BCUT2D eigenvalue weighted by Crippen LogP contribution is 2.44. The lowest BCUT2D eigenvalue weighted by Gasteiger charge is -2.16. The number of carbonyl (C=O) groups excluding carboxylic acids is 2. The Balaban J connectivity index is 0.929. The van der Waals surface area contributed by atoms with Crippen molar-refractivity contribution in [1.29, 1.82) is 0 Å². The van der Waals surface area contributed by atoms with Crippen molar-refractivity contribution in [2.45, 2.75) is 55.9 Å². The first-order valence-electron chi connectivity index (χ1n) is 14.4. The molecule has 1 aromatic heterocycles. The van der Waals surface area contributed by atoms with Crippen molar-refractivity contribution in [3.05, 3.63) is 53.3 Å². The number of methoxy groups -OCH3 is 1. The number of nitrogens with one attached hydrogen (secondary N) is 5. The summed E-state index contributed by atoms with van der Waals surface area (Å²) in [6, 6.07) is 10.6. The molecule has 0 bridgehead atoms. The minimum absolute atomic E-state index is 0.0512. The number of H-pyrrole nitrogens is 1. The normalized spacial score (nSPS) is 19.9. The number of amides is 3. The molecule has 3 heterocycles. The predicted molar refractivity (Wildman–Crippen MR) is 160 cm³/mol. The number of hydrogen-bond acceptors (Lipinski definition) is 7. The number of fused-ring (bicyclic) bond motifs is 4. The van der Waals surface area contributed by atoms with Crippen molar-refractivity contribution in [2.75, 3.05) is 31.3 Å². The lowest BCUT2D eigenvalue weighted by Crippen LogP contribution is -2.36. The van der Waals surface area contributed by atoms with E-state index in [0.717, 1.165) is 47.4 Å². The second-order valence-electron chi connectivity index (χ2n) is 10.8. The molecule has 3 amide bonds. The van der Waals surface area contributed by atoms with Crippen LogP contribution in [-0.4, -0.2) is 65.5 Å². The summed E-state index contributed by atoms with van der Waals surface area (Å²) in [6.07, 6.45) is 4.63. The van der Waals surface area contributed by atoms with Crippen molar-refractivity contribution in [2.24, 2.45) is 0 Å². The molecule has 12 heteroatoms. The molecule has 3 unspecified atom stereocenters. The number of anilines is 2. The number of thioether (sulfide) groups is 1. The summed E-state index contributed by atoms with van der Waals surface area (Å²) in [5.41, 5.74) is 4.63. The molecule has 3 aliphatic rings. The maximum Gasteiger partial charge on any atom is 0.315 e. The van der Waals surface area contributed by atoms with Crippen LogP contribution in [0.2, 0.25) is 0 Å². The zero-order valence-electron chi connectivity index (χ0n) is 23.4. The van der Waals surface area contributed by atoms with E-state index in [2.05, 4.69) is 31.5 Å². The fraction of sp³-hybridized carbons (Fsp3) is 0.433. The van der Waals surface area contributed by atoms with Gasteiger partial charge in [0, 0.05) is 47.2 Å². The molecule has 0 saturated carbocycles. The summed E-state index contributed by atoms with van der Waals surface area (Å²) in [6.45, 7) is 0.979. The Morgan fingerprint density at radius 3 is 2.93 bits per heavy atom. The van der Waals surface area contributed by atoms with Crippen LogP contribution in [-0.2, 0) is 11.2 Å². The molecule has 3 aromatic rings. The molecule has 2 fully saturated rings. The summed E-state index contributed by atoms with van der Waals surface area (Å²) < 4.78 is 25.3. The number of hydrogen-bond donors (Lipinski definition) is 5. The van der Waals surface area contributed by atoms with Crippen LogP contribution in [0.1, 0.15) is 43.2 Å². The maximum absolute atomic E-state index is 13.6. The van der Waals surface area contributed by atoms with Crippen LogP contribution in [0.4, 0.5) is 20.7 Å². The van der Waals surface area contributed by atoms with E-state index in [9.17, 15) is 14.0 Å². The van der Waals surface area contributed by atoms with Gasteiger partial charge >= 0.3 is 6.03 Å². The fourth-order valence-corrected chi connectivity index (χ4v) is 7.40. The molecular formula is C30H35FN6O4S. The number of halogens is 1. The molecule has 0 spiro atoms. The van der Waals surface area contributed by atoms with Gasteiger partial charge in [-0.3, -0.25) is 9.89 Å². The van der Waals surface area contributed by atoms with Crippen molar-refractivity contribution in [1.82, 2.24) is 26.1 Å². The van der Waals surface area contributed by atoms with Gasteiger partial charge in [0.1, 0.15) is 5.82 Å². The highest BCUT2D eigenvalue weighted by Gasteiger charge is 2.42. The molecule has 1 aliphatic carbocycles. The van der Waals surface area contributed by atoms with Crippen LogP contribution in [0.3, 0.4) is 0 Å². The van der Waals surface area contributed by atoms with E-state index in [0.29, 0.717) is 60.7 Å². The Labute approximate surface area is 247 Å². The number of nitrogens with zero attached hydrogens (tertiary/aromatic N) is 1. The minimum atomic E-state index is -0.311. The molecule has 2 aliphatic heterocycles. The van der Waals surface area contributed by atoms with Gasteiger partial charge in [-0.25, -0.2) is 9.18 Å². The van der Waals surface area contributed by atoms with E-state index in [1.807, 2.05) is 23.9 Å². The van der Waals surface area contributed by atoms with Gasteiger partial charge in [-0.15, -0.1) is 0 Å². The summed E-state index contributed by atoms with van der Waals surface area (Å²) >= 11 is 1.90. The van der Waals surface area contributed by atoms with Gasteiger partial charge in [0.15, 0.2) is 17.3 Å². The third-order valence-corrected chi connectivity index (χ3v) is 9.47. The summed E-state index contributed by atoms with van der Waals surface area (Å²) in [5.74, 6) is 2.63. The van der Waals surface area contributed by atoms with Crippen LogP contribution in [0.5, 0.6) is 11.5 Å². The summed E-state index contributed by atoms with van der Waals surface area (Å²) in [7, 11) is 1.61. The first-order chi connectivity index (χ1) is 20.5. The molecule has 42 heavy (non-hydrogen) atoms. The van der Waals surface area contributed by atoms with Gasteiger partial charge < -0.3 is 30.7 Å². The zero-order chi connectivity index (χ0) is 29.1. The Kier molecular flexibility index (Phi) is 8.41. The van der Waals surface area contributed by atoms with Gasteiger partial charge in [0.2, 0.25) is 5.91 Å². The van der Waals surface area contributed by atoms with E-state index in [-0.39, 0.29) is 29.8 Å². The smallest absolute Gasteiger partial charge is 0.315 e. The van der Waals surface area contributed by atoms with Gasteiger partial charge in [-0.1, -0.05) is 12.5 Å². The number of aromatic nitrogens is 2. The second kappa shape index (κ2) is 12.5. The molecule has 3 atom stereocenters. The maximum atomic E-state index is 13.6.